The van der Waals surface area contributed by atoms with Crippen LogP contribution in [0.2, 0.25) is 0 Å². The van der Waals surface area contributed by atoms with E-state index in [1.54, 1.807) is 19.9 Å². The van der Waals surface area contributed by atoms with Crippen LogP contribution in [0.15, 0.2) is 29.9 Å². The number of esters is 2. The van der Waals surface area contributed by atoms with Crippen LogP contribution in [0.5, 0.6) is 11.5 Å². The lowest BCUT2D eigenvalue weighted by molar-refractivity contribution is -0.163. The first-order valence-corrected chi connectivity index (χ1v) is 9.70. The molecule has 1 aromatic rings. The van der Waals surface area contributed by atoms with Gasteiger partial charge in [-0.25, -0.2) is 0 Å². The lowest BCUT2D eigenvalue weighted by Gasteiger charge is -2.26. The zero-order valence-corrected chi connectivity index (χ0v) is 18.1. The number of allylic oxidation sites excluding steroid dienone is 3. The molecule has 0 aliphatic heterocycles. The molecule has 0 radical (unpaired) electrons. The van der Waals surface area contributed by atoms with Gasteiger partial charge in [0.25, 0.3) is 0 Å². The van der Waals surface area contributed by atoms with Crippen molar-refractivity contribution < 1.29 is 38.9 Å². The fourth-order valence-electron chi connectivity index (χ4n) is 3.29. The van der Waals surface area contributed by atoms with Crippen molar-refractivity contribution >= 4 is 23.5 Å². The van der Waals surface area contributed by atoms with E-state index < -0.39 is 46.7 Å². The van der Waals surface area contributed by atoms with Crippen molar-refractivity contribution in [3.8, 4) is 11.5 Å². The highest BCUT2D eigenvalue weighted by Gasteiger charge is 2.33. The number of ketones is 2. The second-order valence-electron chi connectivity index (χ2n) is 8.17. The molecule has 1 aliphatic rings. The molecule has 0 unspecified atom stereocenters. The Morgan fingerprint density at radius 3 is 2.19 bits per heavy atom. The van der Waals surface area contributed by atoms with Gasteiger partial charge in [-0.2, -0.15) is 0 Å². The van der Waals surface area contributed by atoms with Gasteiger partial charge < -0.3 is 19.7 Å². The molecule has 0 heterocycles. The number of phenols is 2. The summed E-state index contributed by atoms with van der Waals surface area (Å²) in [6.45, 7) is 8.00. The third kappa shape index (κ3) is 5.81. The molecular formula is C23H26O8. The van der Waals surface area contributed by atoms with Crippen LogP contribution in [-0.4, -0.2) is 39.3 Å². The van der Waals surface area contributed by atoms with E-state index in [1.165, 1.54) is 6.92 Å². The SMILES string of the molecule is CC(=O)OC(C)(C)CC(=O)O[C@H](CC=C(C)C)c1cc(O)c2c(c1O)C(=O)C=CC2=O. The van der Waals surface area contributed by atoms with Crippen molar-refractivity contribution in [2.45, 2.75) is 59.2 Å². The minimum absolute atomic E-state index is 0.0103. The maximum atomic E-state index is 12.6. The second-order valence-corrected chi connectivity index (χ2v) is 8.17. The zero-order chi connectivity index (χ0) is 23.5. The molecule has 0 aromatic heterocycles. The van der Waals surface area contributed by atoms with Crippen LogP contribution in [0.4, 0.5) is 0 Å². The van der Waals surface area contributed by atoms with E-state index in [1.807, 2.05) is 13.8 Å². The minimum atomic E-state index is -1.11. The summed E-state index contributed by atoms with van der Waals surface area (Å²) in [5.41, 5.74) is -0.837. The van der Waals surface area contributed by atoms with Gasteiger partial charge >= 0.3 is 11.9 Å². The number of hydrogen-bond donors (Lipinski definition) is 2. The van der Waals surface area contributed by atoms with E-state index in [9.17, 15) is 29.4 Å². The van der Waals surface area contributed by atoms with Gasteiger partial charge in [0, 0.05) is 18.9 Å². The molecular weight excluding hydrogens is 404 g/mol. The summed E-state index contributed by atoms with van der Waals surface area (Å²) < 4.78 is 10.6. The number of benzene rings is 1. The Morgan fingerprint density at radius 2 is 1.65 bits per heavy atom. The minimum Gasteiger partial charge on any atom is -0.507 e. The molecule has 0 amide bonds. The van der Waals surface area contributed by atoms with Crippen molar-refractivity contribution in [2.24, 2.45) is 0 Å². The third-order valence-corrected chi connectivity index (χ3v) is 4.54. The number of fused-ring (bicyclic) bond motifs is 1. The van der Waals surface area contributed by atoms with Crippen LogP contribution in [0.25, 0.3) is 0 Å². The van der Waals surface area contributed by atoms with Crippen molar-refractivity contribution in [2.75, 3.05) is 0 Å². The molecule has 8 nitrogen and oxygen atoms in total. The topological polar surface area (TPSA) is 127 Å². The van der Waals surface area contributed by atoms with Gasteiger partial charge in [-0.1, -0.05) is 11.6 Å². The molecule has 0 bridgehead atoms. The number of phenolic OH excluding ortho intramolecular Hbond substituents is 2. The standard InChI is InChI=1S/C23H26O8/c1-12(2)6-9-18(30-19(28)11-23(4,5)31-13(3)24)14-10-17(27)20-15(25)7-8-16(26)21(20)22(14)29/h6-8,10,18,27,29H,9,11H2,1-5H3/t18-/m1/s1. The molecule has 1 aliphatic carbocycles. The fraction of sp³-hybridized carbons (Fsp3) is 0.391. The van der Waals surface area contributed by atoms with Crippen LogP contribution in [0, 0.1) is 0 Å². The average Bonchev–Trinajstić information content (AvgIpc) is 2.61. The van der Waals surface area contributed by atoms with Crippen molar-refractivity contribution in [3.05, 3.63) is 46.6 Å². The number of hydrogen-bond acceptors (Lipinski definition) is 8. The summed E-state index contributed by atoms with van der Waals surface area (Å²) in [6.07, 6.45) is 2.62. The summed E-state index contributed by atoms with van der Waals surface area (Å²) >= 11 is 0. The highest BCUT2D eigenvalue weighted by molar-refractivity contribution is 6.24. The number of ether oxygens (including phenoxy) is 2. The van der Waals surface area contributed by atoms with Crippen LogP contribution < -0.4 is 0 Å². The number of rotatable bonds is 7. The van der Waals surface area contributed by atoms with Crippen LogP contribution in [0.3, 0.4) is 0 Å². The largest absolute Gasteiger partial charge is 0.507 e. The van der Waals surface area contributed by atoms with Gasteiger partial charge in [-0.05, 0) is 45.9 Å². The summed E-state index contributed by atoms with van der Waals surface area (Å²) in [5, 5.41) is 21.1. The highest BCUT2D eigenvalue weighted by Crippen LogP contribution is 2.41. The van der Waals surface area contributed by atoms with Crippen LogP contribution in [-0.2, 0) is 19.1 Å². The molecule has 2 rings (SSSR count). The number of carbonyl (C=O) groups excluding carboxylic acids is 4. The van der Waals surface area contributed by atoms with Crippen LogP contribution in [0.1, 0.15) is 79.8 Å². The number of aromatic hydroxyl groups is 2. The Morgan fingerprint density at radius 1 is 1.06 bits per heavy atom. The average molecular weight is 430 g/mol. The van der Waals surface area contributed by atoms with Gasteiger partial charge in [-0.3, -0.25) is 19.2 Å². The maximum absolute atomic E-state index is 12.6. The molecule has 1 aromatic carbocycles. The molecule has 0 saturated carbocycles. The Kier molecular flexibility index (Phi) is 7.05. The van der Waals surface area contributed by atoms with Gasteiger partial charge in [0.15, 0.2) is 11.6 Å². The van der Waals surface area contributed by atoms with Gasteiger partial charge in [0.1, 0.15) is 23.2 Å². The monoisotopic (exact) mass is 430 g/mol. The Labute approximate surface area is 180 Å². The van der Waals surface area contributed by atoms with Crippen molar-refractivity contribution in [1.29, 1.82) is 0 Å². The predicted molar refractivity (Wildman–Crippen MR) is 111 cm³/mol. The van der Waals surface area contributed by atoms with Crippen molar-refractivity contribution in [3.63, 3.8) is 0 Å². The molecule has 31 heavy (non-hydrogen) atoms. The second kappa shape index (κ2) is 9.16. The Balaban J connectivity index is 2.44. The summed E-state index contributed by atoms with van der Waals surface area (Å²) in [4.78, 5) is 48.1. The molecule has 0 spiro atoms. The van der Waals surface area contributed by atoms with Crippen LogP contribution >= 0.6 is 0 Å². The Bertz CT molecular complexity index is 993. The summed E-state index contributed by atoms with van der Waals surface area (Å²) in [7, 11) is 0. The summed E-state index contributed by atoms with van der Waals surface area (Å²) in [6, 6.07) is 1.12. The molecule has 1 atom stereocenters. The third-order valence-electron chi connectivity index (χ3n) is 4.54. The first-order valence-electron chi connectivity index (χ1n) is 9.70. The predicted octanol–water partition coefficient (Wildman–Crippen LogP) is 3.71. The highest BCUT2D eigenvalue weighted by atomic mass is 16.6. The quantitative estimate of drug-likeness (QED) is 0.381. The van der Waals surface area contributed by atoms with E-state index in [4.69, 9.17) is 9.47 Å². The zero-order valence-electron chi connectivity index (χ0n) is 18.1. The molecule has 2 N–H and O–H groups in total. The fourth-order valence-corrected chi connectivity index (χ4v) is 3.29. The van der Waals surface area contributed by atoms with Gasteiger partial charge in [0.2, 0.25) is 0 Å². The van der Waals surface area contributed by atoms with E-state index in [0.717, 1.165) is 23.8 Å². The first kappa shape index (κ1) is 23.9. The Hall–Kier alpha value is -3.42. The van der Waals surface area contributed by atoms with E-state index >= 15 is 0 Å². The first-order chi connectivity index (χ1) is 14.3. The lowest BCUT2D eigenvalue weighted by atomic mass is 9.89. The molecule has 0 saturated heterocycles. The number of carbonyl (C=O) groups is 4. The normalized spacial score (nSPS) is 14.0. The van der Waals surface area contributed by atoms with E-state index in [0.29, 0.717) is 0 Å². The van der Waals surface area contributed by atoms with E-state index in [-0.39, 0.29) is 29.5 Å². The molecule has 0 fully saturated rings. The smallest absolute Gasteiger partial charge is 0.310 e. The van der Waals surface area contributed by atoms with E-state index in [2.05, 4.69) is 0 Å². The van der Waals surface area contributed by atoms with Gasteiger partial charge in [0.05, 0.1) is 17.5 Å². The molecule has 8 heteroatoms. The van der Waals surface area contributed by atoms with Crippen molar-refractivity contribution in [1.82, 2.24) is 0 Å². The lowest BCUT2D eigenvalue weighted by Crippen LogP contribution is -2.31. The van der Waals surface area contributed by atoms with Gasteiger partial charge in [-0.15, -0.1) is 0 Å². The summed E-state index contributed by atoms with van der Waals surface area (Å²) in [5.74, 6) is -3.55. The maximum Gasteiger partial charge on any atom is 0.310 e. The molecule has 166 valence electrons.